The minimum absolute atomic E-state index is 0.444. The molecule has 1 atom stereocenters. The highest BCUT2D eigenvalue weighted by molar-refractivity contribution is 5.79. The van der Waals surface area contributed by atoms with E-state index < -0.39 is 35.7 Å². The van der Waals surface area contributed by atoms with Gasteiger partial charge in [-0.3, -0.25) is 9.69 Å². The van der Waals surface area contributed by atoms with E-state index in [1.54, 1.807) is 41.5 Å². The molecular formula is C13H23NO5. The smallest absolute Gasteiger partial charge is 0.411 e. The van der Waals surface area contributed by atoms with Gasteiger partial charge in [0.1, 0.15) is 17.9 Å². The molecule has 0 aromatic heterocycles. The van der Waals surface area contributed by atoms with Gasteiger partial charge in [0.15, 0.2) is 0 Å². The van der Waals surface area contributed by atoms with Gasteiger partial charge in [-0.1, -0.05) is 0 Å². The fourth-order valence-electron chi connectivity index (χ4n) is 1.60. The molecule has 1 N–H and O–H groups in total. The van der Waals surface area contributed by atoms with Gasteiger partial charge in [-0.25, -0.2) is 4.79 Å². The Kier molecular flexibility index (Phi) is 5.53. The minimum atomic E-state index is -1.14. The first-order valence-electron chi connectivity index (χ1n) is 6.08. The van der Waals surface area contributed by atoms with Crippen molar-refractivity contribution in [2.75, 3.05) is 0 Å². The molecule has 0 saturated carbocycles. The zero-order chi connectivity index (χ0) is 15.4. The molecule has 1 amide bonds. The first kappa shape index (κ1) is 17.4. The largest absolute Gasteiger partial charge is 0.481 e. The van der Waals surface area contributed by atoms with Crippen molar-refractivity contribution in [3.63, 3.8) is 0 Å². The number of aliphatic carboxylic acids is 1. The van der Waals surface area contributed by atoms with Crippen molar-refractivity contribution in [1.29, 1.82) is 0 Å². The Morgan fingerprint density at radius 1 is 1.21 bits per heavy atom. The lowest BCUT2D eigenvalue weighted by Gasteiger charge is -2.39. The molecule has 0 saturated heterocycles. The van der Waals surface area contributed by atoms with Crippen LogP contribution in [-0.2, 0) is 14.3 Å². The average molecular weight is 273 g/mol. The fraction of sp³-hybridized carbons (Fsp3) is 0.769. The molecule has 0 aromatic rings. The van der Waals surface area contributed by atoms with Crippen molar-refractivity contribution >= 4 is 18.3 Å². The van der Waals surface area contributed by atoms with E-state index in [4.69, 9.17) is 9.84 Å². The van der Waals surface area contributed by atoms with Crippen molar-refractivity contribution in [3.05, 3.63) is 0 Å². The Hall–Kier alpha value is -1.59. The maximum absolute atomic E-state index is 12.1. The molecule has 0 aliphatic carbocycles. The van der Waals surface area contributed by atoms with Crippen LogP contribution >= 0.6 is 0 Å². The third kappa shape index (κ3) is 6.22. The van der Waals surface area contributed by atoms with Crippen LogP contribution in [0.25, 0.3) is 0 Å². The van der Waals surface area contributed by atoms with Crippen molar-refractivity contribution < 1.29 is 24.2 Å². The normalized spacial score (nSPS) is 13.6. The van der Waals surface area contributed by atoms with Crippen molar-refractivity contribution in [2.24, 2.45) is 0 Å². The van der Waals surface area contributed by atoms with Crippen LogP contribution in [0.2, 0.25) is 0 Å². The molecule has 0 aromatic carbocycles. The lowest BCUT2D eigenvalue weighted by Crippen LogP contribution is -2.54. The van der Waals surface area contributed by atoms with E-state index in [0.717, 1.165) is 0 Å². The molecule has 0 spiro atoms. The molecule has 0 radical (unpaired) electrons. The van der Waals surface area contributed by atoms with Crippen LogP contribution < -0.4 is 0 Å². The zero-order valence-electron chi connectivity index (χ0n) is 12.4. The second-order valence-electron chi connectivity index (χ2n) is 6.32. The summed E-state index contributed by atoms with van der Waals surface area (Å²) >= 11 is 0. The summed E-state index contributed by atoms with van der Waals surface area (Å²) in [5.41, 5.74) is -1.43. The summed E-state index contributed by atoms with van der Waals surface area (Å²) in [7, 11) is 0. The summed E-state index contributed by atoms with van der Waals surface area (Å²) in [6.45, 7) is 10.3. The van der Waals surface area contributed by atoms with Gasteiger partial charge in [0.2, 0.25) is 0 Å². The Morgan fingerprint density at radius 3 is 1.95 bits per heavy atom. The summed E-state index contributed by atoms with van der Waals surface area (Å²) in [6.07, 6.45) is -0.679. The van der Waals surface area contributed by atoms with E-state index in [1.165, 1.54) is 4.90 Å². The first-order chi connectivity index (χ1) is 8.38. The van der Waals surface area contributed by atoms with E-state index >= 15 is 0 Å². The Morgan fingerprint density at radius 2 is 1.68 bits per heavy atom. The highest BCUT2D eigenvalue weighted by Gasteiger charge is 2.37. The number of hydrogen-bond donors (Lipinski definition) is 1. The summed E-state index contributed by atoms with van der Waals surface area (Å²) < 4.78 is 5.23. The monoisotopic (exact) mass is 273 g/mol. The Bertz CT molecular complexity index is 351. The lowest BCUT2D eigenvalue weighted by molar-refractivity contribution is -0.140. The number of hydrogen-bond acceptors (Lipinski definition) is 4. The summed E-state index contributed by atoms with van der Waals surface area (Å²) in [6, 6.07) is -1.05. The third-order valence-electron chi connectivity index (χ3n) is 2.19. The Balaban J connectivity index is 5.26. The molecule has 0 rings (SSSR count). The lowest BCUT2D eigenvalue weighted by atomic mass is 10.0. The van der Waals surface area contributed by atoms with E-state index in [0.29, 0.717) is 6.29 Å². The average Bonchev–Trinajstić information content (AvgIpc) is 2.10. The number of aldehydes is 1. The molecule has 6 nitrogen and oxygen atoms in total. The molecule has 0 aliphatic rings. The molecule has 0 bridgehead atoms. The van der Waals surface area contributed by atoms with E-state index in [2.05, 4.69) is 0 Å². The molecule has 0 aliphatic heterocycles. The zero-order valence-corrected chi connectivity index (χ0v) is 12.4. The number of ether oxygens (including phenoxy) is 1. The number of carboxylic acid groups (broad SMARTS) is 1. The van der Waals surface area contributed by atoms with Crippen molar-refractivity contribution in [1.82, 2.24) is 4.90 Å². The highest BCUT2D eigenvalue weighted by Crippen LogP contribution is 2.22. The standard InChI is InChI=1S/C13H23NO5/c1-12(2,3)14(9(8-15)7-10(16)17)11(18)19-13(4,5)6/h8-9H,7H2,1-6H3,(H,16,17)/t9-/m0/s1. The first-order valence-corrected chi connectivity index (χ1v) is 6.08. The fourth-order valence-corrected chi connectivity index (χ4v) is 1.60. The van der Waals surface area contributed by atoms with Gasteiger partial charge in [0.05, 0.1) is 6.42 Å². The van der Waals surface area contributed by atoms with Gasteiger partial charge in [-0.05, 0) is 41.5 Å². The predicted octanol–water partition coefficient (Wildman–Crippen LogP) is 2.06. The third-order valence-corrected chi connectivity index (χ3v) is 2.19. The second-order valence-corrected chi connectivity index (χ2v) is 6.32. The molecule has 110 valence electrons. The molecule has 0 fully saturated rings. The van der Waals surface area contributed by atoms with Crippen LogP contribution in [-0.4, -0.2) is 45.5 Å². The number of rotatable bonds is 4. The van der Waals surface area contributed by atoms with Crippen LogP contribution in [0.4, 0.5) is 4.79 Å². The van der Waals surface area contributed by atoms with Crippen LogP contribution in [0.15, 0.2) is 0 Å². The molecule has 0 heterocycles. The van der Waals surface area contributed by atoms with E-state index in [1.807, 2.05) is 0 Å². The quantitative estimate of drug-likeness (QED) is 0.793. The predicted molar refractivity (Wildman–Crippen MR) is 69.9 cm³/mol. The number of carbonyl (C=O) groups excluding carboxylic acids is 2. The molecule has 0 unspecified atom stereocenters. The van der Waals surface area contributed by atoms with Gasteiger partial charge < -0.3 is 14.6 Å². The molecular weight excluding hydrogens is 250 g/mol. The van der Waals surface area contributed by atoms with Crippen LogP contribution in [0, 0.1) is 0 Å². The SMILES string of the molecule is CC(C)(C)OC(=O)N([C@H](C=O)CC(=O)O)C(C)(C)C. The summed E-state index contributed by atoms with van der Waals surface area (Å²) in [5, 5.41) is 8.81. The second kappa shape index (κ2) is 6.04. The number of carbonyl (C=O) groups is 3. The van der Waals surface area contributed by atoms with Crippen molar-refractivity contribution in [2.45, 2.75) is 65.1 Å². The maximum atomic E-state index is 12.1. The molecule has 19 heavy (non-hydrogen) atoms. The summed E-state index contributed by atoms with van der Waals surface area (Å²) in [4.78, 5) is 35.2. The number of carboxylic acids is 1. The van der Waals surface area contributed by atoms with Gasteiger partial charge in [0, 0.05) is 5.54 Å². The van der Waals surface area contributed by atoms with Gasteiger partial charge in [0.25, 0.3) is 0 Å². The number of nitrogens with zero attached hydrogens (tertiary/aromatic N) is 1. The Labute approximate surface area is 113 Å². The van der Waals surface area contributed by atoms with E-state index in [-0.39, 0.29) is 0 Å². The highest BCUT2D eigenvalue weighted by atomic mass is 16.6. The minimum Gasteiger partial charge on any atom is -0.481 e. The van der Waals surface area contributed by atoms with Gasteiger partial charge in [-0.15, -0.1) is 0 Å². The van der Waals surface area contributed by atoms with Gasteiger partial charge >= 0.3 is 12.1 Å². The van der Waals surface area contributed by atoms with Gasteiger partial charge in [-0.2, -0.15) is 0 Å². The number of amides is 1. The van der Waals surface area contributed by atoms with Crippen LogP contribution in [0.3, 0.4) is 0 Å². The van der Waals surface area contributed by atoms with Crippen LogP contribution in [0.1, 0.15) is 48.0 Å². The van der Waals surface area contributed by atoms with Crippen LogP contribution in [0.5, 0.6) is 0 Å². The topological polar surface area (TPSA) is 83.9 Å². The molecule has 6 heteroatoms. The summed E-state index contributed by atoms with van der Waals surface area (Å²) in [5.74, 6) is -1.14. The maximum Gasteiger partial charge on any atom is 0.411 e. The van der Waals surface area contributed by atoms with E-state index in [9.17, 15) is 14.4 Å². The van der Waals surface area contributed by atoms with Crippen molar-refractivity contribution in [3.8, 4) is 0 Å².